The highest BCUT2D eigenvalue weighted by molar-refractivity contribution is 7.92. The Labute approximate surface area is 124 Å². The van der Waals surface area contributed by atoms with Gasteiger partial charge in [0.05, 0.1) is 16.5 Å². The molecule has 0 aliphatic carbocycles. The Morgan fingerprint density at radius 3 is 2.33 bits per heavy atom. The molecule has 0 spiro atoms. The molecule has 2 aromatic carbocycles. The van der Waals surface area contributed by atoms with Crippen LogP contribution in [0.25, 0.3) is 0 Å². The van der Waals surface area contributed by atoms with E-state index in [0.717, 1.165) is 5.56 Å². The fraction of sp³-hybridized carbons (Fsp3) is 0.133. The Hall–Kier alpha value is -2.52. The number of sulfonamides is 1. The number of hydrogen-bond acceptors (Lipinski definition) is 4. The minimum atomic E-state index is -3.72. The summed E-state index contributed by atoms with van der Waals surface area (Å²) in [6.45, 7) is 3.46. The van der Waals surface area contributed by atoms with Crippen molar-refractivity contribution >= 4 is 21.4 Å². The van der Waals surface area contributed by atoms with E-state index in [1.54, 1.807) is 50.2 Å². The van der Waals surface area contributed by atoms with Gasteiger partial charge in [0.1, 0.15) is 0 Å². The van der Waals surface area contributed by atoms with E-state index in [2.05, 4.69) is 4.72 Å². The van der Waals surface area contributed by atoms with Gasteiger partial charge in [0, 0.05) is 11.4 Å². The van der Waals surface area contributed by atoms with Crippen LogP contribution >= 0.6 is 0 Å². The van der Waals surface area contributed by atoms with Gasteiger partial charge in [-0.05, 0) is 61.4 Å². The smallest absolute Gasteiger partial charge is 0.262 e. The lowest BCUT2D eigenvalue weighted by atomic mass is 10.1. The van der Waals surface area contributed by atoms with E-state index in [1.165, 1.54) is 0 Å². The molecule has 5 nitrogen and oxygen atoms in total. The van der Waals surface area contributed by atoms with Gasteiger partial charge in [-0.25, -0.2) is 8.42 Å². The number of hydrogen-bond donors (Lipinski definition) is 2. The van der Waals surface area contributed by atoms with Crippen molar-refractivity contribution in [2.45, 2.75) is 18.7 Å². The normalized spacial score (nSPS) is 10.9. The summed E-state index contributed by atoms with van der Waals surface area (Å²) in [7, 11) is -3.72. The molecule has 0 unspecified atom stereocenters. The first-order valence-corrected chi connectivity index (χ1v) is 7.71. The Morgan fingerprint density at radius 2 is 1.76 bits per heavy atom. The number of nitriles is 1. The molecule has 0 aromatic heterocycles. The summed E-state index contributed by atoms with van der Waals surface area (Å²) in [5.74, 6) is 0. The van der Waals surface area contributed by atoms with Crippen LogP contribution in [0.4, 0.5) is 11.4 Å². The second kappa shape index (κ2) is 5.46. The second-order valence-corrected chi connectivity index (χ2v) is 6.42. The van der Waals surface area contributed by atoms with Gasteiger partial charge in [0.15, 0.2) is 0 Å². The highest BCUT2D eigenvalue weighted by Gasteiger charge is 2.18. The zero-order valence-electron chi connectivity index (χ0n) is 11.7. The first-order chi connectivity index (χ1) is 9.83. The van der Waals surface area contributed by atoms with Crippen LogP contribution in [0.2, 0.25) is 0 Å². The molecule has 0 heterocycles. The summed E-state index contributed by atoms with van der Waals surface area (Å²) in [4.78, 5) is 0.157. The van der Waals surface area contributed by atoms with E-state index in [9.17, 15) is 8.42 Å². The molecule has 0 radical (unpaired) electrons. The van der Waals surface area contributed by atoms with Gasteiger partial charge >= 0.3 is 0 Å². The Bertz CT molecular complexity index is 819. The van der Waals surface area contributed by atoms with E-state index in [4.69, 9.17) is 11.0 Å². The number of nitrogens with one attached hydrogen (secondary N) is 1. The van der Waals surface area contributed by atoms with Crippen molar-refractivity contribution in [1.82, 2.24) is 0 Å². The van der Waals surface area contributed by atoms with Crippen molar-refractivity contribution in [3.05, 3.63) is 53.1 Å². The fourth-order valence-corrected chi connectivity index (χ4v) is 3.37. The van der Waals surface area contributed by atoms with Crippen molar-refractivity contribution < 1.29 is 8.42 Å². The lowest BCUT2D eigenvalue weighted by molar-refractivity contribution is 0.600. The average molecular weight is 301 g/mol. The van der Waals surface area contributed by atoms with E-state index in [1.807, 2.05) is 6.07 Å². The SMILES string of the molecule is Cc1cc(N)c(C)c(S(=O)(=O)Nc2ccc(C#N)cc2)c1. The Balaban J connectivity index is 2.41. The summed E-state index contributed by atoms with van der Waals surface area (Å²) in [6.07, 6.45) is 0. The van der Waals surface area contributed by atoms with Gasteiger partial charge in [-0.3, -0.25) is 4.72 Å². The fourth-order valence-electron chi connectivity index (χ4n) is 1.95. The highest BCUT2D eigenvalue weighted by Crippen LogP contribution is 2.25. The van der Waals surface area contributed by atoms with Crippen LogP contribution in [0.15, 0.2) is 41.3 Å². The predicted molar refractivity (Wildman–Crippen MR) is 82.3 cm³/mol. The molecule has 0 bridgehead atoms. The summed E-state index contributed by atoms with van der Waals surface area (Å²) in [6, 6.07) is 11.5. The Kier molecular flexibility index (Phi) is 3.87. The lowest BCUT2D eigenvalue weighted by Gasteiger charge is -2.13. The molecular weight excluding hydrogens is 286 g/mol. The molecular formula is C15H15N3O2S. The zero-order valence-corrected chi connectivity index (χ0v) is 12.5. The van der Waals surface area contributed by atoms with Crippen LogP contribution in [0.3, 0.4) is 0 Å². The van der Waals surface area contributed by atoms with Crippen LogP contribution in [-0.2, 0) is 10.0 Å². The maximum absolute atomic E-state index is 12.4. The highest BCUT2D eigenvalue weighted by atomic mass is 32.2. The van der Waals surface area contributed by atoms with Gasteiger partial charge in [0.25, 0.3) is 10.0 Å². The first kappa shape index (κ1) is 14.9. The average Bonchev–Trinajstić information content (AvgIpc) is 2.43. The maximum atomic E-state index is 12.4. The lowest BCUT2D eigenvalue weighted by Crippen LogP contribution is -2.15. The molecule has 3 N–H and O–H groups in total. The summed E-state index contributed by atoms with van der Waals surface area (Å²) in [5, 5.41) is 8.73. The van der Waals surface area contributed by atoms with Crippen molar-refractivity contribution in [2.75, 3.05) is 10.5 Å². The summed E-state index contributed by atoms with van der Waals surface area (Å²) >= 11 is 0. The third-order valence-corrected chi connectivity index (χ3v) is 4.61. The topological polar surface area (TPSA) is 96.0 Å². The molecule has 21 heavy (non-hydrogen) atoms. The van der Waals surface area contributed by atoms with Gasteiger partial charge < -0.3 is 5.73 Å². The van der Waals surface area contributed by atoms with Crippen molar-refractivity contribution in [2.24, 2.45) is 0 Å². The van der Waals surface area contributed by atoms with Crippen molar-refractivity contribution in [3.63, 3.8) is 0 Å². The molecule has 0 fully saturated rings. The van der Waals surface area contributed by atoms with E-state index < -0.39 is 10.0 Å². The van der Waals surface area contributed by atoms with Gasteiger partial charge in [0.2, 0.25) is 0 Å². The molecule has 0 amide bonds. The number of benzene rings is 2. The second-order valence-electron chi connectivity index (χ2n) is 4.77. The number of aryl methyl sites for hydroxylation is 1. The van der Waals surface area contributed by atoms with E-state index in [-0.39, 0.29) is 4.90 Å². The molecule has 2 aromatic rings. The van der Waals surface area contributed by atoms with Gasteiger partial charge in [-0.15, -0.1) is 0 Å². The molecule has 2 rings (SSSR count). The van der Waals surface area contributed by atoms with Crippen LogP contribution in [0.1, 0.15) is 16.7 Å². The van der Waals surface area contributed by atoms with Gasteiger partial charge in [-0.2, -0.15) is 5.26 Å². The van der Waals surface area contributed by atoms with Crippen LogP contribution < -0.4 is 10.5 Å². The standard InChI is InChI=1S/C15H15N3O2S/c1-10-7-14(17)11(2)15(8-10)21(19,20)18-13-5-3-12(9-16)4-6-13/h3-8,18H,17H2,1-2H3. The number of nitrogen functional groups attached to an aromatic ring is 1. The minimum Gasteiger partial charge on any atom is -0.398 e. The summed E-state index contributed by atoms with van der Waals surface area (Å²) in [5.41, 5.74) is 8.42. The molecule has 6 heteroatoms. The van der Waals surface area contributed by atoms with Crippen LogP contribution in [0, 0.1) is 25.2 Å². The van der Waals surface area contributed by atoms with Crippen molar-refractivity contribution in [3.8, 4) is 6.07 Å². The molecule has 0 saturated carbocycles. The largest absolute Gasteiger partial charge is 0.398 e. The zero-order chi connectivity index (χ0) is 15.6. The monoisotopic (exact) mass is 301 g/mol. The third-order valence-electron chi connectivity index (χ3n) is 3.10. The van der Waals surface area contributed by atoms with Gasteiger partial charge in [-0.1, -0.05) is 0 Å². The quantitative estimate of drug-likeness (QED) is 0.851. The Morgan fingerprint density at radius 1 is 1.14 bits per heavy atom. The predicted octanol–water partition coefficient (Wildman–Crippen LogP) is 2.56. The number of anilines is 2. The molecule has 0 aliphatic rings. The molecule has 108 valence electrons. The molecule has 0 aliphatic heterocycles. The molecule has 0 saturated heterocycles. The number of nitrogens with zero attached hydrogens (tertiary/aromatic N) is 1. The minimum absolute atomic E-state index is 0.157. The third kappa shape index (κ3) is 3.15. The van der Waals surface area contributed by atoms with E-state index >= 15 is 0 Å². The molecule has 0 atom stereocenters. The number of rotatable bonds is 3. The maximum Gasteiger partial charge on any atom is 0.262 e. The van der Waals surface area contributed by atoms with Crippen molar-refractivity contribution in [1.29, 1.82) is 5.26 Å². The summed E-state index contributed by atoms with van der Waals surface area (Å²) < 4.78 is 27.4. The number of nitrogens with two attached hydrogens (primary N) is 1. The first-order valence-electron chi connectivity index (χ1n) is 6.23. The van der Waals surface area contributed by atoms with E-state index in [0.29, 0.717) is 22.5 Å². The van der Waals surface area contributed by atoms with Crippen LogP contribution in [0.5, 0.6) is 0 Å². The van der Waals surface area contributed by atoms with Crippen LogP contribution in [-0.4, -0.2) is 8.42 Å².